The smallest absolute Gasteiger partial charge is 0.270 e. The number of thiocarbonyl (C=S) groups is 1. The number of benzene rings is 2. The lowest BCUT2D eigenvalue weighted by atomic mass is 10.0. The Morgan fingerprint density at radius 1 is 1.08 bits per heavy atom. The minimum absolute atomic E-state index is 0.0325. The fourth-order valence-electron chi connectivity index (χ4n) is 4.27. The summed E-state index contributed by atoms with van der Waals surface area (Å²) in [6.45, 7) is 0. The summed E-state index contributed by atoms with van der Waals surface area (Å²) in [7, 11) is -3.42. The molecule has 2 aromatic heterocycles. The molecule has 0 spiro atoms. The molecule has 2 aromatic carbocycles. The Kier molecular flexibility index (Phi) is 6.36. The molecule has 2 atom stereocenters. The molecule has 1 fully saturated rings. The van der Waals surface area contributed by atoms with E-state index in [-0.39, 0.29) is 11.7 Å². The third-order valence-corrected chi connectivity index (χ3v) is 6.73. The molecular formula is C25H21N5O5S2. The summed E-state index contributed by atoms with van der Waals surface area (Å²) in [6, 6.07) is 21.5. The first kappa shape index (κ1) is 24.4. The Hall–Kier alpha value is -4.29. The quantitative estimate of drug-likeness (QED) is 0.195. The van der Waals surface area contributed by atoms with Crippen molar-refractivity contribution in [3.05, 3.63) is 107 Å². The lowest BCUT2D eigenvalue weighted by molar-refractivity contribution is -0.384. The molecule has 0 bridgehead atoms. The SMILES string of the molecule is CS(=O)(=O)Nc1ccc(N2C(=S)N[C@@H](c3ccccn3)[C@H]2c2ccc(-c3cccc([N+](=O)[O-])c3)o2)cc1. The number of pyridine rings is 1. The standard InChI is InChI=1S/C25H21N5O5S2/c1-37(33,34)28-17-8-10-18(11-9-17)29-24(23(27-25(29)36)20-7-2-3-14-26-20)22-13-12-21(35-22)16-5-4-6-19(15-16)30(31)32/h2-15,23-24,28H,1H3,(H,27,36)/t23-,24+/m0/s1. The highest BCUT2D eigenvalue weighted by Crippen LogP contribution is 2.43. The van der Waals surface area contributed by atoms with Crippen molar-refractivity contribution in [3.8, 4) is 11.3 Å². The van der Waals surface area contributed by atoms with Crippen LogP contribution in [0.4, 0.5) is 17.1 Å². The molecule has 5 rings (SSSR count). The molecule has 10 nitrogen and oxygen atoms in total. The molecule has 2 N–H and O–H groups in total. The number of aromatic nitrogens is 1. The molecular weight excluding hydrogens is 514 g/mol. The number of rotatable bonds is 7. The van der Waals surface area contributed by atoms with Crippen LogP contribution in [0.2, 0.25) is 0 Å². The number of nitro groups is 1. The largest absolute Gasteiger partial charge is 0.459 e. The second-order valence-electron chi connectivity index (χ2n) is 8.43. The zero-order chi connectivity index (χ0) is 26.2. The van der Waals surface area contributed by atoms with E-state index in [0.717, 1.165) is 11.9 Å². The fourth-order valence-corrected chi connectivity index (χ4v) is 5.18. The van der Waals surface area contributed by atoms with Crippen LogP contribution >= 0.6 is 12.2 Å². The van der Waals surface area contributed by atoms with E-state index in [0.29, 0.717) is 33.6 Å². The summed E-state index contributed by atoms with van der Waals surface area (Å²) in [5.74, 6) is 1.05. The first-order valence-corrected chi connectivity index (χ1v) is 13.4. The van der Waals surface area contributed by atoms with Crippen LogP contribution in [-0.2, 0) is 10.0 Å². The molecule has 4 aromatic rings. The first-order valence-electron chi connectivity index (χ1n) is 11.1. The van der Waals surface area contributed by atoms with E-state index >= 15 is 0 Å². The number of hydrogen-bond acceptors (Lipinski definition) is 7. The minimum atomic E-state index is -3.42. The average molecular weight is 536 g/mol. The molecule has 188 valence electrons. The molecule has 0 amide bonds. The molecule has 3 heterocycles. The topological polar surface area (TPSA) is 131 Å². The number of nitrogens with one attached hydrogen (secondary N) is 2. The van der Waals surface area contributed by atoms with Gasteiger partial charge in [-0.25, -0.2) is 8.42 Å². The van der Waals surface area contributed by atoms with Crippen LogP contribution in [0.5, 0.6) is 0 Å². The van der Waals surface area contributed by atoms with Crippen LogP contribution in [-0.4, -0.2) is 29.7 Å². The summed E-state index contributed by atoms with van der Waals surface area (Å²) < 4.78 is 31.9. The Morgan fingerprint density at radius 2 is 1.86 bits per heavy atom. The predicted octanol–water partition coefficient (Wildman–Crippen LogP) is 4.80. The zero-order valence-corrected chi connectivity index (χ0v) is 21.1. The van der Waals surface area contributed by atoms with Crippen molar-refractivity contribution in [2.75, 3.05) is 15.9 Å². The van der Waals surface area contributed by atoms with E-state index in [1.165, 1.54) is 12.1 Å². The molecule has 0 radical (unpaired) electrons. The van der Waals surface area contributed by atoms with Gasteiger partial charge in [0.15, 0.2) is 5.11 Å². The maximum atomic E-state index is 11.6. The number of nitrogens with zero attached hydrogens (tertiary/aromatic N) is 3. The molecule has 1 aliphatic heterocycles. The van der Waals surface area contributed by atoms with Crippen molar-refractivity contribution in [1.29, 1.82) is 0 Å². The van der Waals surface area contributed by atoms with Gasteiger partial charge in [0.05, 0.1) is 22.9 Å². The molecule has 1 saturated heterocycles. The summed E-state index contributed by atoms with van der Waals surface area (Å²) in [6.07, 6.45) is 2.78. The van der Waals surface area contributed by atoms with Crippen LogP contribution in [0.15, 0.2) is 89.5 Å². The van der Waals surface area contributed by atoms with Crippen LogP contribution < -0.4 is 14.9 Å². The molecule has 0 saturated carbocycles. The number of hydrogen-bond donors (Lipinski definition) is 2. The molecule has 0 unspecified atom stereocenters. The Morgan fingerprint density at radius 3 is 2.54 bits per heavy atom. The fraction of sp³-hybridized carbons (Fsp3) is 0.120. The first-order chi connectivity index (χ1) is 17.7. The van der Waals surface area contributed by atoms with E-state index in [4.69, 9.17) is 16.6 Å². The Labute approximate surface area is 218 Å². The zero-order valence-electron chi connectivity index (χ0n) is 19.4. The van der Waals surface area contributed by atoms with Gasteiger partial charge in [-0.1, -0.05) is 18.2 Å². The van der Waals surface area contributed by atoms with Gasteiger partial charge in [-0.3, -0.25) is 19.8 Å². The van der Waals surface area contributed by atoms with Crippen LogP contribution in [0.3, 0.4) is 0 Å². The average Bonchev–Trinajstić information content (AvgIpc) is 3.49. The van der Waals surface area contributed by atoms with Gasteiger partial charge in [0.25, 0.3) is 5.69 Å². The normalized spacial score (nSPS) is 17.4. The van der Waals surface area contributed by atoms with Crippen molar-refractivity contribution in [3.63, 3.8) is 0 Å². The predicted molar refractivity (Wildman–Crippen MR) is 144 cm³/mol. The minimum Gasteiger partial charge on any atom is -0.459 e. The maximum absolute atomic E-state index is 11.6. The molecule has 12 heteroatoms. The Balaban J connectivity index is 1.55. The summed E-state index contributed by atoms with van der Waals surface area (Å²) in [5.41, 5.74) is 2.43. The number of non-ortho nitro benzene ring substituents is 1. The van der Waals surface area contributed by atoms with Crippen molar-refractivity contribution >= 4 is 44.4 Å². The number of anilines is 2. The molecule has 37 heavy (non-hydrogen) atoms. The highest BCUT2D eigenvalue weighted by atomic mass is 32.2. The maximum Gasteiger partial charge on any atom is 0.270 e. The van der Waals surface area contributed by atoms with Crippen molar-refractivity contribution < 1.29 is 17.8 Å². The van der Waals surface area contributed by atoms with Gasteiger partial charge in [-0.05, 0) is 60.7 Å². The molecule has 1 aliphatic rings. The van der Waals surface area contributed by atoms with Gasteiger partial charge in [-0.15, -0.1) is 0 Å². The summed E-state index contributed by atoms with van der Waals surface area (Å²) in [5, 5.41) is 15.0. The van der Waals surface area contributed by atoms with Crippen LogP contribution in [0, 0.1) is 10.1 Å². The van der Waals surface area contributed by atoms with Gasteiger partial charge in [0, 0.05) is 35.3 Å². The van der Waals surface area contributed by atoms with Crippen molar-refractivity contribution in [2.45, 2.75) is 12.1 Å². The number of sulfonamides is 1. The number of nitro benzene ring substituents is 1. The van der Waals surface area contributed by atoms with Gasteiger partial charge < -0.3 is 14.6 Å². The van der Waals surface area contributed by atoms with Gasteiger partial charge >= 0.3 is 0 Å². The van der Waals surface area contributed by atoms with E-state index in [9.17, 15) is 18.5 Å². The van der Waals surface area contributed by atoms with Crippen molar-refractivity contribution in [2.24, 2.45) is 0 Å². The van der Waals surface area contributed by atoms with E-state index in [2.05, 4.69) is 15.0 Å². The van der Waals surface area contributed by atoms with Gasteiger partial charge in [0.1, 0.15) is 17.6 Å². The third-order valence-electron chi connectivity index (χ3n) is 5.81. The van der Waals surface area contributed by atoms with E-state index in [1.807, 2.05) is 29.2 Å². The highest BCUT2D eigenvalue weighted by molar-refractivity contribution is 7.92. The lowest BCUT2D eigenvalue weighted by Gasteiger charge is -2.26. The third kappa shape index (κ3) is 5.15. The van der Waals surface area contributed by atoms with Gasteiger partial charge in [0.2, 0.25) is 10.0 Å². The molecule has 0 aliphatic carbocycles. The van der Waals surface area contributed by atoms with Gasteiger partial charge in [-0.2, -0.15) is 0 Å². The second kappa shape index (κ2) is 9.64. The summed E-state index contributed by atoms with van der Waals surface area (Å²) >= 11 is 5.70. The van der Waals surface area contributed by atoms with Crippen LogP contribution in [0.1, 0.15) is 23.5 Å². The van der Waals surface area contributed by atoms with Crippen molar-refractivity contribution in [1.82, 2.24) is 10.3 Å². The monoisotopic (exact) mass is 535 g/mol. The Bertz CT molecular complexity index is 1570. The number of furan rings is 1. The highest BCUT2D eigenvalue weighted by Gasteiger charge is 2.42. The second-order valence-corrected chi connectivity index (χ2v) is 10.6. The van der Waals surface area contributed by atoms with E-state index < -0.39 is 21.0 Å². The lowest BCUT2D eigenvalue weighted by Crippen LogP contribution is -2.29. The van der Waals surface area contributed by atoms with Crippen LogP contribution in [0.25, 0.3) is 11.3 Å². The summed E-state index contributed by atoms with van der Waals surface area (Å²) in [4.78, 5) is 17.2. The van der Waals surface area contributed by atoms with E-state index in [1.54, 1.807) is 48.7 Å².